The summed E-state index contributed by atoms with van der Waals surface area (Å²) in [5, 5.41) is 7.41. The number of pyridine rings is 2. The largest absolute Gasteiger partial charge is 0.324 e. The second-order valence-electron chi connectivity index (χ2n) is 6.46. The van der Waals surface area contributed by atoms with Crippen molar-refractivity contribution in [2.24, 2.45) is 0 Å². The third-order valence-corrected chi connectivity index (χ3v) is 4.66. The van der Waals surface area contributed by atoms with Crippen LogP contribution in [0.5, 0.6) is 0 Å². The van der Waals surface area contributed by atoms with Gasteiger partial charge in [-0.25, -0.2) is 9.48 Å². The van der Waals surface area contributed by atoms with Gasteiger partial charge in [-0.2, -0.15) is 0 Å². The Morgan fingerprint density at radius 2 is 2.00 bits per heavy atom. The van der Waals surface area contributed by atoms with Gasteiger partial charge in [0, 0.05) is 49.4 Å². The topological polar surface area (TPSA) is 75.9 Å². The summed E-state index contributed by atoms with van der Waals surface area (Å²) < 4.78 is 1.72. The normalized spacial score (nSPS) is 16.7. The maximum atomic E-state index is 12.6. The summed E-state index contributed by atoms with van der Waals surface area (Å²) in [5.74, 6) is 0.909. The molecule has 2 amide bonds. The highest BCUT2D eigenvalue weighted by Crippen LogP contribution is 2.27. The molecule has 1 aliphatic heterocycles. The Kier molecular flexibility index (Phi) is 4.35. The molecule has 1 saturated heterocycles. The minimum absolute atomic E-state index is 0.115. The van der Waals surface area contributed by atoms with Crippen LogP contribution in [0.2, 0.25) is 0 Å². The Morgan fingerprint density at radius 3 is 2.73 bits per heavy atom. The molecule has 3 aromatic heterocycles. The van der Waals surface area contributed by atoms with Crippen molar-refractivity contribution in [3.8, 4) is 5.69 Å². The lowest BCUT2D eigenvalue weighted by atomic mass is 10.0. The second kappa shape index (κ2) is 6.95. The van der Waals surface area contributed by atoms with Crippen molar-refractivity contribution in [1.29, 1.82) is 0 Å². The van der Waals surface area contributed by atoms with Crippen LogP contribution in [-0.2, 0) is 0 Å². The van der Waals surface area contributed by atoms with Gasteiger partial charge in [0.05, 0.1) is 11.9 Å². The molecule has 4 rings (SSSR count). The molecule has 0 aliphatic carbocycles. The summed E-state index contributed by atoms with van der Waals surface area (Å²) in [6.45, 7) is 3.35. The number of amides is 2. The van der Waals surface area contributed by atoms with Crippen molar-refractivity contribution in [2.45, 2.75) is 19.3 Å². The molecular weight excluding hydrogens is 328 g/mol. The lowest BCUT2D eigenvalue weighted by Crippen LogP contribution is -2.33. The monoisotopic (exact) mass is 348 g/mol. The first-order chi connectivity index (χ1) is 12.7. The molecule has 1 atom stereocenters. The molecule has 7 heteroatoms. The van der Waals surface area contributed by atoms with Crippen LogP contribution < -0.4 is 5.32 Å². The minimum Gasteiger partial charge on any atom is -0.324 e. The van der Waals surface area contributed by atoms with Gasteiger partial charge in [0.25, 0.3) is 0 Å². The average molecular weight is 348 g/mol. The van der Waals surface area contributed by atoms with Crippen molar-refractivity contribution in [2.75, 3.05) is 18.4 Å². The molecule has 0 spiro atoms. The molecule has 0 saturated carbocycles. The van der Waals surface area contributed by atoms with E-state index in [0.717, 1.165) is 24.2 Å². The predicted molar refractivity (Wildman–Crippen MR) is 98.3 cm³/mol. The number of aromatic nitrogens is 4. The van der Waals surface area contributed by atoms with Gasteiger partial charge in [0.1, 0.15) is 0 Å². The first-order valence-corrected chi connectivity index (χ1v) is 8.63. The number of aryl methyl sites for hydroxylation is 1. The van der Waals surface area contributed by atoms with E-state index in [2.05, 4.69) is 26.4 Å². The quantitative estimate of drug-likeness (QED) is 0.789. The number of carbonyl (C=O) groups is 1. The molecule has 3 aromatic rings. The SMILES string of the molecule is Cc1cn(-c2cccnc2)nc1NC(=O)N1CC[C@H](c2cccnc2)C1. The number of likely N-dealkylation sites (tertiary alicyclic amines) is 1. The van der Waals surface area contributed by atoms with Crippen LogP contribution in [-0.4, -0.2) is 43.8 Å². The zero-order valence-electron chi connectivity index (χ0n) is 14.5. The number of hydrogen-bond donors (Lipinski definition) is 1. The zero-order valence-corrected chi connectivity index (χ0v) is 14.5. The van der Waals surface area contributed by atoms with Gasteiger partial charge in [-0.3, -0.25) is 15.3 Å². The molecule has 1 aliphatic rings. The van der Waals surface area contributed by atoms with Crippen molar-refractivity contribution >= 4 is 11.8 Å². The van der Waals surface area contributed by atoms with E-state index in [4.69, 9.17) is 0 Å². The summed E-state index contributed by atoms with van der Waals surface area (Å²) in [7, 11) is 0. The van der Waals surface area contributed by atoms with Crippen molar-refractivity contribution in [1.82, 2.24) is 24.6 Å². The van der Waals surface area contributed by atoms with Gasteiger partial charge in [-0.05, 0) is 37.1 Å². The van der Waals surface area contributed by atoms with E-state index in [1.165, 1.54) is 5.56 Å². The van der Waals surface area contributed by atoms with Gasteiger partial charge in [0.2, 0.25) is 0 Å². The van der Waals surface area contributed by atoms with Gasteiger partial charge in [-0.15, -0.1) is 5.10 Å². The Bertz CT molecular complexity index is 893. The summed E-state index contributed by atoms with van der Waals surface area (Å²) >= 11 is 0. The smallest absolute Gasteiger partial charge is 0.323 e. The van der Waals surface area contributed by atoms with Crippen molar-refractivity contribution in [3.63, 3.8) is 0 Å². The fourth-order valence-electron chi connectivity index (χ4n) is 3.22. The number of nitrogens with one attached hydrogen (secondary N) is 1. The Balaban J connectivity index is 1.43. The molecule has 4 heterocycles. The van der Waals surface area contributed by atoms with E-state index in [0.29, 0.717) is 18.3 Å². The van der Waals surface area contributed by atoms with E-state index >= 15 is 0 Å². The van der Waals surface area contributed by atoms with E-state index in [1.54, 1.807) is 23.3 Å². The number of carbonyl (C=O) groups excluding carboxylic acids is 1. The maximum absolute atomic E-state index is 12.6. The highest BCUT2D eigenvalue weighted by Gasteiger charge is 2.28. The molecule has 0 aromatic carbocycles. The standard InChI is InChI=1S/C19H20N6O/c1-14-12-25(17-5-3-8-21-11-17)23-18(14)22-19(26)24-9-6-16(13-24)15-4-2-7-20-10-15/h2-5,7-8,10-12,16H,6,9,13H2,1H3,(H,22,23,26)/t16-/m0/s1. The Morgan fingerprint density at radius 1 is 1.19 bits per heavy atom. The van der Waals surface area contributed by atoms with Gasteiger partial charge in [0.15, 0.2) is 5.82 Å². The van der Waals surface area contributed by atoms with E-state index in [-0.39, 0.29) is 6.03 Å². The molecule has 26 heavy (non-hydrogen) atoms. The van der Waals surface area contributed by atoms with Gasteiger partial charge < -0.3 is 4.90 Å². The second-order valence-corrected chi connectivity index (χ2v) is 6.46. The molecule has 1 N–H and O–H groups in total. The number of hydrogen-bond acceptors (Lipinski definition) is 4. The molecule has 0 bridgehead atoms. The van der Waals surface area contributed by atoms with E-state index < -0.39 is 0 Å². The van der Waals surface area contributed by atoms with Crippen molar-refractivity contribution < 1.29 is 4.79 Å². The van der Waals surface area contributed by atoms with Crippen molar-refractivity contribution in [3.05, 3.63) is 66.4 Å². The van der Waals surface area contributed by atoms with Crippen LogP contribution in [0.25, 0.3) is 5.69 Å². The molecule has 0 unspecified atom stereocenters. The third-order valence-electron chi connectivity index (χ3n) is 4.66. The van der Waals surface area contributed by atoms with Crippen LogP contribution in [0.3, 0.4) is 0 Å². The summed E-state index contributed by atoms with van der Waals surface area (Å²) in [5.41, 5.74) is 2.94. The molecule has 1 fully saturated rings. The van der Waals surface area contributed by atoms with Crippen LogP contribution in [0.1, 0.15) is 23.5 Å². The van der Waals surface area contributed by atoms with Crippen LogP contribution in [0.4, 0.5) is 10.6 Å². The molecular formula is C19H20N6O. The van der Waals surface area contributed by atoms with Crippen LogP contribution in [0, 0.1) is 6.92 Å². The zero-order chi connectivity index (χ0) is 17.9. The minimum atomic E-state index is -0.115. The number of rotatable bonds is 3. The maximum Gasteiger partial charge on any atom is 0.323 e. The Hall–Kier alpha value is -3.22. The number of urea groups is 1. The lowest BCUT2D eigenvalue weighted by Gasteiger charge is -2.17. The number of nitrogens with zero attached hydrogens (tertiary/aromatic N) is 5. The van der Waals surface area contributed by atoms with Crippen LogP contribution >= 0.6 is 0 Å². The summed E-state index contributed by atoms with van der Waals surface area (Å²) in [4.78, 5) is 22.7. The van der Waals surface area contributed by atoms with E-state index in [9.17, 15) is 4.79 Å². The predicted octanol–water partition coefficient (Wildman–Crippen LogP) is 2.99. The molecule has 132 valence electrons. The first-order valence-electron chi connectivity index (χ1n) is 8.63. The lowest BCUT2D eigenvalue weighted by molar-refractivity contribution is 0.222. The van der Waals surface area contributed by atoms with Crippen LogP contribution in [0.15, 0.2) is 55.2 Å². The average Bonchev–Trinajstić information content (AvgIpc) is 3.31. The summed E-state index contributed by atoms with van der Waals surface area (Å²) in [6.07, 6.45) is 9.93. The fraction of sp³-hybridized carbons (Fsp3) is 0.263. The summed E-state index contributed by atoms with van der Waals surface area (Å²) in [6, 6.07) is 7.67. The fourth-order valence-corrected chi connectivity index (χ4v) is 3.22. The van der Waals surface area contributed by atoms with E-state index in [1.807, 2.05) is 42.4 Å². The molecule has 0 radical (unpaired) electrons. The van der Waals surface area contributed by atoms with Gasteiger partial charge in [-0.1, -0.05) is 6.07 Å². The number of anilines is 1. The third kappa shape index (κ3) is 3.28. The first kappa shape index (κ1) is 16.3. The molecule has 7 nitrogen and oxygen atoms in total. The highest BCUT2D eigenvalue weighted by molar-refractivity contribution is 5.89. The highest BCUT2D eigenvalue weighted by atomic mass is 16.2. The Labute approximate surface area is 151 Å². The van der Waals surface area contributed by atoms with Gasteiger partial charge >= 0.3 is 6.03 Å².